The van der Waals surface area contributed by atoms with E-state index in [2.05, 4.69) is 51.7 Å². The summed E-state index contributed by atoms with van der Waals surface area (Å²) in [5.41, 5.74) is 4.25. The Morgan fingerprint density at radius 1 is 1.00 bits per heavy atom. The van der Waals surface area contributed by atoms with E-state index in [1.807, 2.05) is 30.5 Å². The smallest absolute Gasteiger partial charge is 0.0657 e. The van der Waals surface area contributed by atoms with Crippen LogP contribution in [0.2, 0.25) is 0 Å². The first-order valence-corrected chi connectivity index (χ1v) is 6.60. The van der Waals surface area contributed by atoms with Gasteiger partial charge in [-0.15, -0.1) is 0 Å². The molecule has 1 unspecified atom stereocenters. The number of H-pyrrole nitrogens is 1. The molecule has 20 heavy (non-hydrogen) atoms. The third-order valence-electron chi connectivity index (χ3n) is 3.21. The minimum absolute atomic E-state index is 0.175. The van der Waals surface area contributed by atoms with Crippen LogP contribution in [0.15, 0.2) is 60.9 Å². The topological polar surface area (TPSA) is 53.6 Å². The number of nitrogens with one attached hydrogen (secondary N) is 2. The standard InChI is InChI=1S/C16H16N4/c1-12(15-4-2-3-10-17-15)19-14-7-5-13(6-8-14)16-9-11-18-20-16/h2-12,19H,1H3,(H,18,20). The van der Waals surface area contributed by atoms with E-state index in [1.165, 1.54) is 0 Å². The molecule has 0 aliphatic rings. The highest BCUT2D eigenvalue weighted by atomic mass is 15.1. The van der Waals surface area contributed by atoms with Crippen LogP contribution >= 0.6 is 0 Å². The van der Waals surface area contributed by atoms with Gasteiger partial charge in [-0.3, -0.25) is 10.1 Å². The summed E-state index contributed by atoms with van der Waals surface area (Å²) >= 11 is 0. The van der Waals surface area contributed by atoms with Gasteiger partial charge in [0.1, 0.15) is 0 Å². The molecule has 1 aromatic carbocycles. The summed E-state index contributed by atoms with van der Waals surface area (Å²) in [5.74, 6) is 0. The first-order valence-electron chi connectivity index (χ1n) is 6.60. The van der Waals surface area contributed by atoms with Crippen molar-refractivity contribution in [2.24, 2.45) is 0 Å². The Morgan fingerprint density at radius 2 is 1.85 bits per heavy atom. The lowest BCUT2D eigenvalue weighted by Gasteiger charge is -2.14. The molecule has 0 aliphatic heterocycles. The quantitative estimate of drug-likeness (QED) is 0.756. The van der Waals surface area contributed by atoms with Crippen LogP contribution in [0.4, 0.5) is 5.69 Å². The van der Waals surface area contributed by atoms with Gasteiger partial charge in [0, 0.05) is 18.1 Å². The molecule has 0 bridgehead atoms. The molecule has 0 spiro atoms. The molecule has 2 aromatic heterocycles. The van der Waals surface area contributed by atoms with Gasteiger partial charge in [0.25, 0.3) is 0 Å². The minimum atomic E-state index is 0.175. The van der Waals surface area contributed by atoms with Crippen molar-refractivity contribution in [2.75, 3.05) is 5.32 Å². The Hall–Kier alpha value is -2.62. The Morgan fingerprint density at radius 3 is 2.50 bits per heavy atom. The molecular formula is C16H16N4. The van der Waals surface area contributed by atoms with Gasteiger partial charge < -0.3 is 5.32 Å². The SMILES string of the molecule is CC(Nc1ccc(-c2ccn[nH]2)cc1)c1ccccn1. The van der Waals surface area contributed by atoms with Crippen LogP contribution in [0.25, 0.3) is 11.3 Å². The monoisotopic (exact) mass is 264 g/mol. The lowest BCUT2D eigenvalue weighted by molar-refractivity contribution is 0.839. The molecule has 2 heterocycles. The second kappa shape index (κ2) is 5.57. The molecule has 1 atom stereocenters. The van der Waals surface area contributed by atoms with E-state index in [9.17, 15) is 0 Å². The zero-order valence-corrected chi connectivity index (χ0v) is 11.2. The van der Waals surface area contributed by atoms with Crippen LogP contribution in [-0.2, 0) is 0 Å². The molecule has 0 saturated carbocycles. The molecule has 0 radical (unpaired) electrons. The number of nitrogens with zero attached hydrogens (tertiary/aromatic N) is 2. The lowest BCUT2D eigenvalue weighted by Crippen LogP contribution is -2.07. The van der Waals surface area contributed by atoms with Crippen LogP contribution < -0.4 is 5.32 Å². The zero-order valence-electron chi connectivity index (χ0n) is 11.2. The summed E-state index contributed by atoms with van der Waals surface area (Å²) in [4.78, 5) is 4.36. The minimum Gasteiger partial charge on any atom is -0.377 e. The fourth-order valence-electron chi connectivity index (χ4n) is 2.12. The highest BCUT2D eigenvalue weighted by Gasteiger charge is 2.06. The average molecular weight is 264 g/mol. The predicted octanol–water partition coefficient (Wildman–Crippen LogP) is 3.64. The largest absolute Gasteiger partial charge is 0.377 e. The first-order chi connectivity index (χ1) is 9.83. The van der Waals surface area contributed by atoms with Crippen LogP contribution in [0.1, 0.15) is 18.7 Å². The van der Waals surface area contributed by atoms with E-state index in [-0.39, 0.29) is 6.04 Å². The van der Waals surface area contributed by atoms with Crippen LogP contribution in [0, 0.1) is 0 Å². The Bertz CT molecular complexity index is 645. The number of pyridine rings is 1. The van der Waals surface area contributed by atoms with Crippen molar-refractivity contribution < 1.29 is 0 Å². The van der Waals surface area contributed by atoms with Crippen molar-refractivity contribution >= 4 is 5.69 Å². The highest BCUT2D eigenvalue weighted by Crippen LogP contribution is 2.21. The predicted molar refractivity (Wildman–Crippen MR) is 80.3 cm³/mol. The van der Waals surface area contributed by atoms with Gasteiger partial charge in [-0.05, 0) is 42.8 Å². The van der Waals surface area contributed by atoms with Crippen molar-refractivity contribution in [1.29, 1.82) is 0 Å². The molecule has 3 aromatic rings. The van der Waals surface area contributed by atoms with E-state index in [1.54, 1.807) is 6.20 Å². The van der Waals surface area contributed by atoms with Gasteiger partial charge in [-0.1, -0.05) is 18.2 Å². The molecule has 2 N–H and O–H groups in total. The molecule has 0 fully saturated rings. The Kier molecular flexibility index (Phi) is 3.46. The fraction of sp³-hybridized carbons (Fsp3) is 0.125. The van der Waals surface area contributed by atoms with Gasteiger partial charge >= 0.3 is 0 Å². The number of aromatic amines is 1. The molecule has 4 heteroatoms. The Balaban J connectivity index is 1.72. The molecule has 0 aliphatic carbocycles. The maximum Gasteiger partial charge on any atom is 0.0657 e. The van der Waals surface area contributed by atoms with Crippen molar-refractivity contribution in [3.05, 3.63) is 66.6 Å². The van der Waals surface area contributed by atoms with E-state index >= 15 is 0 Å². The van der Waals surface area contributed by atoms with Crippen LogP contribution in [-0.4, -0.2) is 15.2 Å². The van der Waals surface area contributed by atoms with E-state index < -0.39 is 0 Å². The number of hydrogen-bond donors (Lipinski definition) is 2. The van der Waals surface area contributed by atoms with E-state index in [0.29, 0.717) is 0 Å². The summed E-state index contributed by atoms with van der Waals surface area (Å²) < 4.78 is 0. The van der Waals surface area contributed by atoms with Gasteiger partial charge in [0.15, 0.2) is 0 Å². The molecule has 3 rings (SSSR count). The molecule has 4 nitrogen and oxygen atoms in total. The molecule has 0 amide bonds. The first kappa shape index (κ1) is 12.4. The summed E-state index contributed by atoms with van der Waals surface area (Å²) in [6, 6.07) is 16.4. The average Bonchev–Trinajstić information content (AvgIpc) is 3.03. The lowest BCUT2D eigenvalue weighted by atomic mass is 10.1. The third kappa shape index (κ3) is 2.69. The summed E-state index contributed by atoms with van der Waals surface area (Å²) in [7, 11) is 0. The molecule has 0 saturated heterocycles. The van der Waals surface area contributed by atoms with Crippen molar-refractivity contribution in [3.63, 3.8) is 0 Å². The summed E-state index contributed by atoms with van der Waals surface area (Å²) in [6.45, 7) is 2.10. The third-order valence-corrected chi connectivity index (χ3v) is 3.21. The van der Waals surface area contributed by atoms with Crippen LogP contribution in [0.3, 0.4) is 0 Å². The maximum atomic E-state index is 4.36. The number of anilines is 1. The fourth-order valence-corrected chi connectivity index (χ4v) is 2.12. The number of benzene rings is 1. The number of rotatable bonds is 4. The number of aromatic nitrogens is 3. The highest BCUT2D eigenvalue weighted by molar-refractivity contribution is 5.62. The normalized spacial score (nSPS) is 12.1. The number of hydrogen-bond acceptors (Lipinski definition) is 3. The van der Waals surface area contributed by atoms with Gasteiger partial charge in [-0.2, -0.15) is 5.10 Å². The molecule has 100 valence electrons. The second-order valence-corrected chi connectivity index (χ2v) is 4.67. The van der Waals surface area contributed by atoms with Crippen molar-refractivity contribution in [3.8, 4) is 11.3 Å². The van der Waals surface area contributed by atoms with Crippen LogP contribution in [0.5, 0.6) is 0 Å². The van der Waals surface area contributed by atoms with Gasteiger partial charge in [-0.25, -0.2) is 0 Å². The van der Waals surface area contributed by atoms with Gasteiger partial charge in [0.2, 0.25) is 0 Å². The molecular weight excluding hydrogens is 248 g/mol. The van der Waals surface area contributed by atoms with Crippen molar-refractivity contribution in [1.82, 2.24) is 15.2 Å². The Labute approximate surface area is 117 Å². The maximum absolute atomic E-state index is 4.36. The van der Waals surface area contributed by atoms with Crippen molar-refractivity contribution in [2.45, 2.75) is 13.0 Å². The second-order valence-electron chi connectivity index (χ2n) is 4.67. The van der Waals surface area contributed by atoms with E-state index in [4.69, 9.17) is 0 Å². The van der Waals surface area contributed by atoms with Gasteiger partial charge in [0.05, 0.1) is 17.4 Å². The van der Waals surface area contributed by atoms with E-state index in [0.717, 1.165) is 22.6 Å². The zero-order chi connectivity index (χ0) is 13.8. The summed E-state index contributed by atoms with van der Waals surface area (Å²) in [5, 5.41) is 10.4. The summed E-state index contributed by atoms with van der Waals surface area (Å²) in [6.07, 6.45) is 3.57.